The van der Waals surface area contributed by atoms with E-state index >= 15 is 0 Å². The van der Waals surface area contributed by atoms with Crippen LogP contribution >= 0.6 is 12.6 Å². The smallest absolute Gasteiger partial charge is 0.326 e. The van der Waals surface area contributed by atoms with Crippen molar-refractivity contribution in [2.75, 3.05) is 0 Å². The minimum Gasteiger partial charge on any atom is -0.480 e. The molecule has 2 unspecified atom stereocenters. The third-order valence-corrected chi connectivity index (χ3v) is 6.38. The number of furan rings is 1. The molecule has 2 heterocycles. The minimum atomic E-state index is -1.14. The number of carbonyl (C=O) groups is 3. The molecule has 8 nitrogen and oxygen atoms in total. The lowest BCUT2D eigenvalue weighted by Gasteiger charge is -2.31. The molecule has 2 aromatic heterocycles. The van der Waals surface area contributed by atoms with Gasteiger partial charge in [0.05, 0.1) is 23.5 Å². The Labute approximate surface area is 199 Å². The topological polar surface area (TPSA) is 122 Å². The van der Waals surface area contributed by atoms with Crippen molar-refractivity contribution in [1.82, 2.24) is 15.6 Å². The molecule has 0 bridgehead atoms. The maximum absolute atomic E-state index is 13.2. The van der Waals surface area contributed by atoms with Crippen LogP contribution in [0.5, 0.6) is 0 Å². The van der Waals surface area contributed by atoms with Gasteiger partial charge in [-0.2, -0.15) is 12.6 Å². The van der Waals surface area contributed by atoms with Crippen molar-refractivity contribution in [2.24, 2.45) is 5.92 Å². The molecule has 33 heavy (non-hydrogen) atoms. The highest BCUT2D eigenvalue weighted by molar-refractivity contribution is 7.81. The first kappa shape index (κ1) is 24.8. The number of amides is 2. The highest BCUT2D eigenvalue weighted by atomic mass is 32.1. The second-order valence-electron chi connectivity index (χ2n) is 9.06. The van der Waals surface area contributed by atoms with Crippen LogP contribution in [0.1, 0.15) is 51.5 Å². The summed E-state index contributed by atoms with van der Waals surface area (Å²) in [6, 6.07) is 4.20. The molecule has 1 aliphatic rings. The molecule has 9 heteroatoms. The zero-order valence-corrected chi connectivity index (χ0v) is 19.8. The van der Waals surface area contributed by atoms with Crippen molar-refractivity contribution in [2.45, 2.75) is 69.2 Å². The Hall–Kier alpha value is -2.81. The first-order chi connectivity index (χ1) is 15.7. The van der Waals surface area contributed by atoms with Crippen LogP contribution < -0.4 is 10.6 Å². The number of carboxylic acid groups (broad SMARTS) is 1. The zero-order chi connectivity index (χ0) is 24.0. The number of hydrogen-bond acceptors (Lipinski definition) is 6. The van der Waals surface area contributed by atoms with Crippen LogP contribution in [0.25, 0.3) is 11.3 Å². The molecule has 2 amide bonds. The third-order valence-electron chi connectivity index (χ3n) is 5.94. The summed E-state index contributed by atoms with van der Waals surface area (Å²) in [5.74, 6) is -1.62. The molecule has 2 aromatic rings. The molecule has 1 aliphatic carbocycles. The van der Waals surface area contributed by atoms with E-state index < -0.39 is 28.7 Å². The van der Waals surface area contributed by atoms with E-state index in [4.69, 9.17) is 4.42 Å². The fourth-order valence-electron chi connectivity index (χ4n) is 4.12. The third kappa shape index (κ3) is 6.37. The molecular weight excluding hydrogens is 442 g/mol. The van der Waals surface area contributed by atoms with E-state index in [1.54, 1.807) is 36.9 Å². The normalized spacial score (nSPS) is 16.8. The Bertz CT molecular complexity index is 953. The second-order valence-corrected chi connectivity index (χ2v) is 9.68. The van der Waals surface area contributed by atoms with Crippen molar-refractivity contribution >= 4 is 30.4 Å². The number of nitrogens with zero attached hydrogens (tertiary/aromatic N) is 1. The fourth-order valence-corrected chi connectivity index (χ4v) is 4.60. The van der Waals surface area contributed by atoms with Gasteiger partial charge in [0.2, 0.25) is 11.8 Å². The number of hydrogen-bond donors (Lipinski definition) is 4. The van der Waals surface area contributed by atoms with Gasteiger partial charge in [0.15, 0.2) is 0 Å². The van der Waals surface area contributed by atoms with Crippen LogP contribution in [0.4, 0.5) is 0 Å². The Morgan fingerprint density at radius 1 is 1.21 bits per heavy atom. The number of carbonyl (C=O) groups excluding carboxylic acids is 2. The van der Waals surface area contributed by atoms with Crippen molar-refractivity contribution in [1.29, 1.82) is 0 Å². The number of pyridine rings is 1. The van der Waals surface area contributed by atoms with Gasteiger partial charge in [-0.25, -0.2) is 4.79 Å². The summed E-state index contributed by atoms with van der Waals surface area (Å²) in [6.45, 7) is 4.01. The van der Waals surface area contributed by atoms with Crippen LogP contribution in [-0.2, 0) is 20.8 Å². The van der Waals surface area contributed by atoms with Gasteiger partial charge in [-0.05, 0) is 42.9 Å². The maximum Gasteiger partial charge on any atom is 0.326 e. The summed E-state index contributed by atoms with van der Waals surface area (Å²) in [6.07, 6.45) is 7.90. The Balaban J connectivity index is 1.68. The van der Waals surface area contributed by atoms with Crippen molar-refractivity contribution in [3.8, 4) is 11.3 Å². The summed E-state index contributed by atoms with van der Waals surface area (Å²) in [5, 5.41) is 14.8. The van der Waals surface area contributed by atoms with Crippen LogP contribution in [0, 0.1) is 5.92 Å². The van der Waals surface area contributed by atoms with E-state index in [1.807, 2.05) is 13.8 Å². The molecule has 0 aliphatic heterocycles. The molecule has 3 N–H and O–H groups in total. The Morgan fingerprint density at radius 3 is 2.48 bits per heavy atom. The van der Waals surface area contributed by atoms with E-state index in [0.717, 1.165) is 18.4 Å². The summed E-state index contributed by atoms with van der Waals surface area (Å²) < 4.78 is 5.06. The Morgan fingerprint density at radius 2 is 1.94 bits per heavy atom. The largest absolute Gasteiger partial charge is 0.480 e. The number of nitrogens with one attached hydrogen (secondary N) is 2. The zero-order valence-electron chi connectivity index (χ0n) is 18.9. The van der Waals surface area contributed by atoms with Gasteiger partial charge in [0, 0.05) is 18.2 Å². The molecule has 0 saturated heterocycles. The first-order valence-corrected chi connectivity index (χ1v) is 11.7. The fraction of sp³-hybridized carbons (Fsp3) is 0.500. The van der Waals surface area contributed by atoms with Crippen LogP contribution in [-0.4, -0.2) is 44.7 Å². The quantitative estimate of drug-likeness (QED) is 0.393. The molecule has 178 valence electrons. The second kappa shape index (κ2) is 10.9. The highest BCUT2D eigenvalue weighted by Crippen LogP contribution is 2.31. The Kier molecular flexibility index (Phi) is 8.18. The molecule has 2 atom stereocenters. The summed E-state index contributed by atoms with van der Waals surface area (Å²) in [7, 11) is 0. The van der Waals surface area contributed by atoms with Gasteiger partial charge in [0.1, 0.15) is 11.6 Å². The molecular formula is C24H31N3O5S. The molecule has 3 rings (SSSR count). The maximum atomic E-state index is 13.2. The van der Waals surface area contributed by atoms with Gasteiger partial charge in [-0.1, -0.05) is 32.8 Å². The number of carboxylic acids is 1. The van der Waals surface area contributed by atoms with Gasteiger partial charge < -0.3 is 20.2 Å². The van der Waals surface area contributed by atoms with Gasteiger partial charge >= 0.3 is 5.97 Å². The average molecular weight is 474 g/mol. The standard InChI is InChI=1S/C24H31N3O5S/c1-15(2)11-20(33)21(28)27-24(8-3-4-9-24)23(31)26-19(22(29)30)12-16-5-6-18(25-13-16)17-7-10-32-14-17/h5-7,10,13-15,19-20,33H,3-4,8-9,11-12H2,1-2H3,(H,26,31)(H,27,28)(H,29,30). The van der Waals surface area contributed by atoms with E-state index in [0.29, 0.717) is 30.5 Å². The van der Waals surface area contributed by atoms with Crippen molar-refractivity contribution in [3.05, 3.63) is 42.5 Å². The number of rotatable bonds is 10. The van der Waals surface area contributed by atoms with Crippen LogP contribution in [0.15, 0.2) is 41.3 Å². The van der Waals surface area contributed by atoms with E-state index in [1.165, 1.54) is 0 Å². The summed E-state index contributed by atoms with van der Waals surface area (Å²) in [4.78, 5) is 42.2. The lowest BCUT2D eigenvalue weighted by Crippen LogP contribution is -2.61. The molecule has 0 spiro atoms. The number of aromatic nitrogens is 1. The van der Waals surface area contributed by atoms with Crippen molar-refractivity contribution in [3.63, 3.8) is 0 Å². The van der Waals surface area contributed by atoms with E-state index in [-0.39, 0.29) is 18.2 Å². The highest BCUT2D eigenvalue weighted by Gasteiger charge is 2.44. The predicted octanol–water partition coefficient (Wildman–Crippen LogP) is 3.23. The molecule has 1 saturated carbocycles. The van der Waals surface area contributed by atoms with E-state index in [9.17, 15) is 19.5 Å². The van der Waals surface area contributed by atoms with Crippen molar-refractivity contribution < 1.29 is 23.9 Å². The first-order valence-electron chi connectivity index (χ1n) is 11.2. The molecule has 1 fully saturated rings. The lowest BCUT2D eigenvalue weighted by atomic mass is 9.94. The van der Waals surface area contributed by atoms with Gasteiger partial charge in [-0.15, -0.1) is 0 Å². The summed E-state index contributed by atoms with van der Waals surface area (Å²) in [5.41, 5.74) is 1.10. The van der Waals surface area contributed by atoms with Crippen LogP contribution in [0.2, 0.25) is 0 Å². The van der Waals surface area contributed by atoms with Gasteiger partial charge in [0.25, 0.3) is 0 Å². The summed E-state index contributed by atoms with van der Waals surface area (Å²) >= 11 is 4.39. The molecule has 0 radical (unpaired) electrons. The van der Waals surface area contributed by atoms with Crippen LogP contribution in [0.3, 0.4) is 0 Å². The molecule has 0 aromatic carbocycles. The average Bonchev–Trinajstić information content (AvgIpc) is 3.46. The minimum absolute atomic E-state index is 0.0757. The monoisotopic (exact) mass is 473 g/mol. The van der Waals surface area contributed by atoms with Gasteiger partial charge in [-0.3, -0.25) is 14.6 Å². The predicted molar refractivity (Wildman–Crippen MR) is 127 cm³/mol. The lowest BCUT2D eigenvalue weighted by molar-refractivity contribution is -0.143. The SMILES string of the molecule is CC(C)CC(S)C(=O)NC1(C(=O)NC(Cc2ccc(-c3ccoc3)nc2)C(=O)O)CCCC1. The number of aliphatic carboxylic acids is 1. The number of thiol groups is 1. The van der Waals surface area contributed by atoms with E-state index in [2.05, 4.69) is 28.2 Å².